The maximum atomic E-state index is 13.7. The Morgan fingerprint density at radius 3 is 3.00 bits per heavy atom. The molecule has 0 aliphatic carbocycles. The van der Waals surface area contributed by atoms with Gasteiger partial charge in [0.15, 0.2) is 0 Å². The number of hydrogen-bond donors (Lipinski definition) is 1. The fourth-order valence-electron chi connectivity index (χ4n) is 2.05. The Morgan fingerprint density at radius 1 is 1.39 bits per heavy atom. The second-order valence-electron chi connectivity index (χ2n) is 4.41. The fraction of sp³-hybridized carbons (Fsp3) is 0.462. The summed E-state index contributed by atoms with van der Waals surface area (Å²) >= 11 is 4.91. The van der Waals surface area contributed by atoms with Gasteiger partial charge in [0.1, 0.15) is 10.8 Å². The molecule has 98 valence electrons. The molecule has 1 aromatic rings. The van der Waals surface area contributed by atoms with Gasteiger partial charge in [-0.2, -0.15) is 0 Å². The quantitative estimate of drug-likeness (QED) is 0.847. The molecule has 1 saturated heterocycles. The van der Waals surface area contributed by atoms with Crippen molar-refractivity contribution >= 4 is 17.2 Å². The summed E-state index contributed by atoms with van der Waals surface area (Å²) in [4.78, 5) is 2.49. The van der Waals surface area contributed by atoms with E-state index in [2.05, 4.69) is 4.90 Å². The summed E-state index contributed by atoms with van der Waals surface area (Å²) in [6.45, 7) is 3.82. The SMILES string of the molecule is NC(=S)c1ccc(F)c(CN2CCCOCC2)c1. The highest BCUT2D eigenvalue weighted by Crippen LogP contribution is 2.14. The molecule has 0 amide bonds. The second-order valence-corrected chi connectivity index (χ2v) is 4.85. The van der Waals surface area contributed by atoms with Gasteiger partial charge in [0.2, 0.25) is 0 Å². The first-order valence-corrected chi connectivity index (χ1v) is 6.46. The zero-order valence-corrected chi connectivity index (χ0v) is 11.0. The number of nitrogens with two attached hydrogens (primary N) is 1. The Morgan fingerprint density at radius 2 is 2.22 bits per heavy atom. The maximum Gasteiger partial charge on any atom is 0.127 e. The van der Waals surface area contributed by atoms with Crippen LogP contribution in [0.25, 0.3) is 0 Å². The van der Waals surface area contributed by atoms with Crippen LogP contribution in [0.2, 0.25) is 0 Å². The van der Waals surface area contributed by atoms with Gasteiger partial charge in [-0.05, 0) is 24.6 Å². The Labute approximate surface area is 112 Å². The first-order valence-electron chi connectivity index (χ1n) is 6.05. The van der Waals surface area contributed by atoms with E-state index < -0.39 is 0 Å². The van der Waals surface area contributed by atoms with Gasteiger partial charge in [-0.15, -0.1) is 0 Å². The Hall–Kier alpha value is -1.04. The van der Waals surface area contributed by atoms with Crippen LogP contribution in [-0.4, -0.2) is 36.2 Å². The van der Waals surface area contributed by atoms with Crippen LogP contribution >= 0.6 is 12.2 Å². The average Bonchev–Trinajstić information content (AvgIpc) is 2.60. The van der Waals surface area contributed by atoms with Gasteiger partial charge in [0, 0.05) is 37.4 Å². The van der Waals surface area contributed by atoms with Crippen molar-refractivity contribution < 1.29 is 9.13 Å². The normalized spacial score (nSPS) is 17.4. The fourth-order valence-corrected chi connectivity index (χ4v) is 2.17. The predicted molar refractivity (Wildman–Crippen MR) is 73.0 cm³/mol. The van der Waals surface area contributed by atoms with Crippen LogP contribution in [0.3, 0.4) is 0 Å². The molecule has 1 fully saturated rings. The van der Waals surface area contributed by atoms with E-state index in [1.165, 1.54) is 6.07 Å². The lowest BCUT2D eigenvalue weighted by Crippen LogP contribution is -2.26. The molecular formula is C13H17FN2OS. The Bertz CT molecular complexity index is 431. The number of rotatable bonds is 3. The molecule has 0 saturated carbocycles. The highest BCUT2D eigenvalue weighted by Gasteiger charge is 2.13. The van der Waals surface area contributed by atoms with Gasteiger partial charge in [-0.25, -0.2) is 4.39 Å². The molecule has 18 heavy (non-hydrogen) atoms. The molecular weight excluding hydrogens is 251 g/mol. The lowest BCUT2D eigenvalue weighted by atomic mass is 10.1. The molecule has 1 aromatic carbocycles. The van der Waals surface area contributed by atoms with Gasteiger partial charge >= 0.3 is 0 Å². The maximum absolute atomic E-state index is 13.7. The first kappa shape index (κ1) is 13.4. The van der Waals surface area contributed by atoms with Crippen LogP contribution in [0.15, 0.2) is 18.2 Å². The van der Waals surface area contributed by atoms with Crippen molar-refractivity contribution in [2.75, 3.05) is 26.3 Å². The predicted octanol–water partition coefficient (Wildman–Crippen LogP) is 1.68. The molecule has 0 radical (unpaired) electrons. The van der Waals surface area contributed by atoms with E-state index in [0.29, 0.717) is 29.3 Å². The van der Waals surface area contributed by atoms with E-state index in [4.69, 9.17) is 22.7 Å². The molecule has 3 nitrogen and oxygen atoms in total. The lowest BCUT2D eigenvalue weighted by molar-refractivity contribution is 0.140. The Kier molecular flexibility index (Phi) is 4.63. The van der Waals surface area contributed by atoms with Crippen LogP contribution in [0, 0.1) is 5.82 Å². The molecule has 5 heteroatoms. The number of ether oxygens (including phenoxy) is 1. The van der Waals surface area contributed by atoms with Crippen molar-refractivity contribution in [3.63, 3.8) is 0 Å². The van der Waals surface area contributed by atoms with Gasteiger partial charge in [0.05, 0.1) is 6.61 Å². The number of nitrogens with zero attached hydrogens (tertiary/aromatic N) is 1. The van der Waals surface area contributed by atoms with Crippen LogP contribution in [0.4, 0.5) is 4.39 Å². The minimum atomic E-state index is -0.208. The molecule has 1 aliphatic rings. The summed E-state index contributed by atoms with van der Waals surface area (Å²) in [6, 6.07) is 4.79. The minimum Gasteiger partial charge on any atom is -0.389 e. The summed E-state index contributed by atoms with van der Waals surface area (Å²) in [5.74, 6) is -0.208. The number of benzene rings is 1. The third kappa shape index (κ3) is 3.48. The molecule has 1 heterocycles. The van der Waals surface area contributed by atoms with Crippen LogP contribution in [0.1, 0.15) is 17.5 Å². The first-order chi connectivity index (χ1) is 8.66. The van der Waals surface area contributed by atoms with E-state index >= 15 is 0 Å². The van der Waals surface area contributed by atoms with Crippen molar-refractivity contribution in [3.8, 4) is 0 Å². The number of halogens is 1. The molecule has 1 aliphatic heterocycles. The summed E-state index contributed by atoms with van der Waals surface area (Å²) in [6.07, 6.45) is 0.983. The average molecular weight is 268 g/mol. The standard InChI is InChI=1S/C13H17FN2OS/c14-12-3-2-10(13(15)18)8-11(12)9-16-4-1-6-17-7-5-16/h2-3,8H,1,4-7,9H2,(H2,15,18). The van der Waals surface area contributed by atoms with Crippen LogP contribution in [-0.2, 0) is 11.3 Å². The van der Waals surface area contributed by atoms with Crippen molar-refractivity contribution in [2.24, 2.45) is 5.73 Å². The Balaban J connectivity index is 2.11. The van der Waals surface area contributed by atoms with Crippen molar-refractivity contribution in [1.82, 2.24) is 4.90 Å². The summed E-state index contributed by atoms with van der Waals surface area (Å²) in [5.41, 5.74) is 6.92. The molecule has 2 N–H and O–H groups in total. The van der Waals surface area contributed by atoms with Gasteiger partial charge in [0.25, 0.3) is 0 Å². The summed E-state index contributed by atoms with van der Waals surface area (Å²) in [5, 5.41) is 0. The highest BCUT2D eigenvalue weighted by molar-refractivity contribution is 7.80. The van der Waals surface area contributed by atoms with Crippen LogP contribution < -0.4 is 5.73 Å². The van der Waals surface area contributed by atoms with Gasteiger partial charge < -0.3 is 10.5 Å². The molecule has 0 aromatic heterocycles. The minimum absolute atomic E-state index is 0.208. The third-order valence-corrected chi connectivity index (χ3v) is 3.27. The lowest BCUT2D eigenvalue weighted by Gasteiger charge is -2.19. The van der Waals surface area contributed by atoms with Crippen molar-refractivity contribution in [1.29, 1.82) is 0 Å². The third-order valence-electron chi connectivity index (χ3n) is 3.04. The number of thiocarbonyl (C=S) groups is 1. The smallest absolute Gasteiger partial charge is 0.127 e. The number of hydrogen-bond acceptors (Lipinski definition) is 3. The summed E-state index contributed by atoms with van der Waals surface area (Å²) in [7, 11) is 0. The molecule has 0 spiro atoms. The highest BCUT2D eigenvalue weighted by atomic mass is 32.1. The van der Waals surface area contributed by atoms with E-state index in [1.807, 2.05) is 0 Å². The van der Waals surface area contributed by atoms with Gasteiger partial charge in [-0.1, -0.05) is 12.2 Å². The zero-order valence-electron chi connectivity index (χ0n) is 10.2. The van der Waals surface area contributed by atoms with Gasteiger partial charge in [-0.3, -0.25) is 4.90 Å². The van der Waals surface area contributed by atoms with E-state index in [9.17, 15) is 4.39 Å². The second kappa shape index (κ2) is 6.22. The van der Waals surface area contributed by atoms with E-state index in [0.717, 1.165) is 26.1 Å². The largest absolute Gasteiger partial charge is 0.389 e. The van der Waals surface area contributed by atoms with Crippen molar-refractivity contribution in [3.05, 3.63) is 35.1 Å². The topological polar surface area (TPSA) is 38.5 Å². The zero-order chi connectivity index (χ0) is 13.0. The monoisotopic (exact) mass is 268 g/mol. The molecule has 0 atom stereocenters. The van der Waals surface area contributed by atoms with Crippen molar-refractivity contribution in [2.45, 2.75) is 13.0 Å². The van der Waals surface area contributed by atoms with E-state index in [-0.39, 0.29) is 5.82 Å². The molecule has 2 rings (SSSR count). The summed E-state index contributed by atoms with van der Waals surface area (Å²) < 4.78 is 19.1. The van der Waals surface area contributed by atoms with E-state index in [1.54, 1.807) is 12.1 Å². The van der Waals surface area contributed by atoms with Crippen LogP contribution in [0.5, 0.6) is 0 Å². The molecule has 0 bridgehead atoms. The molecule has 0 unspecified atom stereocenters.